The number of nitro groups is 1. The SMILES string of the molecule is O=[N+]([O-])c1cc(S(=O)(=O)Nc2ncnc3cc(N4CCN(Cc5ccccc5-c5ccc(Cl)c(Cl)c5)CC4)ccc23)ccc1NC(CCN1CCOCC1)CSc1ccccc1. The molecule has 62 heavy (non-hydrogen) atoms. The number of nitrogens with one attached hydrogen (secondary N) is 2. The summed E-state index contributed by atoms with van der Waals surface area (Å²) >= 11 is 14.2. The van der Waals surface area contributed by atoms with Gasteiger partial charge in [0.2, 0.25) is 0 Å². The highest BCUT2D eigenvalue weighted by Crippen LogP contribution is 2.34. The molecule has 1 atom stereocenters. The third kappa shape index (κ3) is 10.8. The van der Waals surface area contributed by atoms with Gasteiger partial charge < -0.3 is 15.0 Å². The maximum absolute atomic E-state index is 13.8. The van der Waals surface area contributed by atoms with E-state index in [2.05, 4.69) is 46.8 Å². The molecule has 0 aliphatic carbocycles. The van der Waals surface area contributed by atoms with Gasteiger partial charge in [-0.2, -0.15) is 0 Å². The molecule has 2 saturated heterocycles. The van der Waals surface area contributed by atoms with Crippen LogP contribution in [0.5, 0.6) is 0 Å². The maximum Gasteiger partial charge on any atom is 0.293 e. The minimum atomic E-state index is -4.29. The normalized spacial score (nSPS) is 15.7. The molecule has 2 aliphatic heterocycles. The number of anilines is 3. The number of thioether (sulfide) groups is 1. The minimum Gasteiger partial charge on any atom is -0.379 e. The van der Waals surface area contributed by atoms with Gasteiger partial charge >= 0.3 is 0 Å². The molecule has 2 aliphatic rings. The minimum absolute atomic E-state index is 0.0815. The van der Waals surface area contributed by atoms with Gasteiger partial charge in [0.25, 0.3) is 15.7 Å². The average Bonchev–Trinajstić information content (AvgIpc) is 3.29. The second-order valence-electron chi connectivity index (χ2n) is 15.2. The van der Waals surface area contributed by atoms with Crippen LogP contribution in [-0.4, -0.2) is 104 Å². The Labute approximate surface area is 375 Å². The van der Waals surface area contributed by atoms with Crippen LogP contribution in [0.1, 0.15) is 12.0 Å². The maximum atomic E-state index is 13.8. The van der Waals surface area contributed by atoms with Gasteiger partial charge in [-0.15, -0.1) is 11.8 Å². The molecule has 0 amide bonds. The molecule has 1 aromatic heterocycles. The molecule has 17 heteroatoms. The van der Waals surface area contributed by atoms with E-state index in [1.807, 2.05) is 78.9 Å². The second-order valence-corrected chi connectivity index (χ2v) is 18.8. The first-order chi connectivity index (χ1) is 30.1. The van der Waals surface area contributed by atoms with E-state index >= 15 is 0 Å². The van der Waals surface area contributed by atoms with Gasteiger partial charge in [0, 0.05) is 86.2 Å². The number of ether oxygens (including phenoxy) is 1. The lowest BCUT2D eigenvalue weighted by Gasteiger charge is -2.36. The lowest BCUT2D eigenvalue weighted by Crippen LogP contribution is -2.46. The summed E-state index contributed by atoms with van der Waals surface area (Å²) in [5.41, 5.74) is 4.80. The number of fused-ring (bicyclic) bond motifs is 1. The number of hydrogen-bond acceptors (Lipinski definition) is 12. The van der Waals surface area contributed by atoms with Crippen molar-refractivity contribution in [2.24, 2.45) is 0 Å². The molecule has 2 N–H and O–H groups in total. The van der Waals surface area contributed by atoms with Gasteiger partial charge in [-0.3, -0.25) is 24.6 Å². The summed E-state index contributed by atoms with van der Waals surface area (Å²) in [4.78, 5) is 28.5. The van der Waals surface area contributed by atoms with Crippen molar-refractivity contribution in [3.05, 3.63) is 141 Å². The predicted molar refractivity (Wildman–Crippen MR) is 249 cm³/mol. The number of hydrogen-bond donors (Lipinski definition) is 2. The summed E-state index contributed by atoms with van der Waals surface area (Å²) < 4.78 is 35.8. The van der Waals surface area contributed by atoms with E-state index in [1.54, 1.807) is 11.8 Å². The van der Waals surface area contributed by atoms with Crippen molar-refractivity contribution in [3.63, 3.8) is 0 Å². The molecule has 322 valence electrons. The number of sulfonamides is 1. The van der Waals surface area contributed by atoms with Crippen LogP contribution >= 0.6 is 35.0 Å². The molecular formula is C45H46Cl2N8O5S2. The molecule has 2 fully saturated rings. The Bertz CT molecular complexity index is 2630. The van der Waals surface area contributed by atoms with Crippen LogP contribution in [0.3, 0.4) is 0 Å². The van der Waals surface area contributed by atoms with Crippen molar-refractivity contribution in [1.29, 1.82) is 0 Å². The monoisotopic (exact) mass is 912 g/mol. The third-order valence-corrected chi connectivity index (χ3v) is 14.4. The Morgan fingerprint density at radius 1 is 0.823 bits per heavy atom. The summed E-state index contributed by atoms with van der Waals surface area (Å²) in [6.07, 6.45) is 2.04. The van der Waals surface area contributed by atoms with Gasteiger partial charge in [-0.1, -0.05) is 71.7 Å². The third-order valence-electron chi connectivity index (χ3n) is 11.2. The van der Waals surface area contributed by atoms with Crippen LogP contribution in [-0.2, 0) is 21.3 Å². The highest BCUT2D eigenvalue weighted by Gasteiger charge is 2.26. The molecule has 1 unspecified atom stereocenters. The lowest BCUT2D eigenvalue weighted by atomic mass is 9.99. The first-order valence-electron chi connectivity index (χ1n) is 20.4. The summed E-state index contributed by atoms with van der Waals surface area (Å²) in [5.74, 6) is 0.737. The fraction of sp³-hybridized carbons (Fsp3) is 0.289. The zero-order valence-electron chi connectivity index (χ0n) is 33.8. The Kier molecular flexibility index (Phi) is 14.1. The summed E-state index contributed by atoms with van der Waals surface area (Å²) in [7, 11) is -4.29. The van der Waals surface area contributed by atoms with Crippen LogP contribution in [0.15, 0.2) is 125 Å². The number of halogens is 2. The van der Waals surface area contributed by atoms with Crippen LogP contribution in [0.25, 0.3) is 22.0 Å². The highest BCUT2D eigenvalue weighted by atomic mass is 35.5. The molecular weight excluding hydrogens is 868 g/mol. The van der Waals surface area contributed by atoms with Crippen LogP contribution < -0.4 is 14.9 Å². The fourth-order valence-corrected chi connectivity index (χ4v) is 10.1. The second kappa shape index (κ2) is 20.0. The predicted octanol–water partition coefficient (Wildman–Crippen LogP) is 8.93. The number of morpholine rings is 1. The molecule has 0 spiro atoms. The van der Waals surface area contributed by atoms with Crippen molar-refractivity contribution < 1.29 is 18.1 Å². The largest absolute Gasteiger partial charge is 0.379 e. The summed E-state index contributed by atoms with van der Waals surface area (Å²) in [5, 5.41) is 17.4. The fourth-order valence-electron chi connectivity index (χ4n) is 7.76. The Hall–Kier alpha value is -5.00. The smallest absolute Gasteiger partial charge is 0.293 e. The van der Waals surface area contributed by atoms with Gasteiger partial charge in [0.05, 0.1) is 38.6 Å². The van der Waals surface area contributed by atoms with Crippen LogP contribution in [0.2, 0.25) is 10.0 Å². The molecule has 0 bridgehead atoms. The van der Waals surface area contributed by atoms with Gasteiger partial charge in [-0.25, -0.2) is 18.4 Å². The van der Waals surface area contributed by atoms with Crippen molar-refractivity contribution >= 4 is 78.8 Å². The van der Waals surface area contributed by atoms with Crippen molar-refractivity contribution in [1.82, 2.24) is 19.8 Å². The number of aromatic nitrogens is 2. The summed E-state index contributed by atoms with van der Waals surface area (Å²) in [6.45, 7) is 7.85. The topological polar surface area (TPSA) is 146 Å². The Morgan fingerprint density at radius 2 is 1.60 bits per heavy atom. The van der Waals surface area contributed by atoms with E-state index in [0.29, 0.717) is 39.9 Å². The van der Waals surface area contributed by atoms with E-state index in [1.165, 1.54) is 24.0 Å². The molecule has 3 heterocycles. The number of nitro benzene ring substituents is 1. The molecule has 0 saturated carbocycles. The van der Waals surface area contributed by atoms with Crippen molar-refractivity contribution in [2.75, 3.05) is 79.7 Å². The zero-order valence-corrected chi connectivity index (χ0v) is 37.0. The van der Waals surface area contributed by atoms with Gasteiger partial charge in [-0.05, 0) is 77.7 Å². The molecule has 0 radical (unpaired) electrons. The highest BCUT2D eigenvalue weighted by molar-refractivity contribution is 7.99. The van der Waals surface area contributed by atoms with Crippen LogP contribution in [0, 0.1) is 10.1 Å². The Balaban J connectivity index is 0.934. The van der Waals surface area contributed by atoms with E-state index in [4.69, 9.17) is 27.9 Å². The van der Waals surface area contributed by atoms with E-state index in [-0.39, 0.29) is 28.1 Å². The standard InChI is InChI=1S/C45H46Cl2N8O5S2/c46-40-14-10-32(26-41(40)47)38-9-5-4-6-33(38)29-53-18-20-54(21-19-53)35-11-13-39-43(27-35)48-31-49-45(39)51-62(58,59)37-12-15-42(44(28-37)55(56)57)50-34(16-17-52-22-24-60-25-23-52)30-61-36-7-2-1-3-8-36/h1-15,26-28,31,34,50H,16-25,29-30H2,(H,48,49,51). The molecule has 13 nitrogen and oxygen atoms in total. The first-order valence-corrected chi connectivity index (χ1v) is 23.6. The first kappa shape index (κ1) is 43.6. The molecule has 8 rings (SSSR count). The van der Waals surface area contributed by atoms with Gasteiger partial charge in [0.15, 0.2) is 5.82 Å². The van der Waals surface area contributed by atoms with Crippen LogP contribution in [0.4, 0.5) is 22.9 Å². The molecule has 5 aromatic carbocycles. The zero-order chi connectivity index (χ0) is 43.1. The average molecular weight is 914 g/mol. The Morgan fingerprint density at radius 3 is 2.37 bits per heavy atom. The number of piperazine rings is 1. The van der Waals surface area contributed by atoms with Crippen molar-refractivity contribution in [3.8, 4) is 11.1 Å². The van der Waals surface area contributed by atoms with Gasteiger partial charge in [0.1, 0.15) is 12.0 Å². The van der Waals surface area contributed by atoms with E-state index < -0.39 is 14.9 Å². The molecule has 6 aromatic rings. The van der Waals surface area contributed by atoms with Crippen molar-refractivity contribution in [2.45, 2.75) is 28.8 Å². The number of nitrogens with zero attached hydrogens (tertiary/aromatic N) is 6. The number of rotatable bonds is 16. The van der Waals surface area contributed by atoms with E-state index in [9.17, 15) is 18.5 Å². The number of benzene rings is 5. The summed E-state index contributed by atoms with van der Waals surface area (Å²) in [6, 6.07) is 33.5. The van der Waals surface area contributed by atoms with E-state index in [0.717, 1.165) is 86.6 Å². The lowest BCUT2D eigenvalue weighted by molar-refractivity contribution is -0.384. The quantitative estimate of drug-likeness (QED) is 0.0543.